The molecule has 1 fully saturated rings. The molecule has 0 aliphatic carbocycles. The molecule has 1 amide bonds. The van der Waals surface area contributed by atoms with Gasteiger partial charge in [0.25, 0.3) is 0 Å². The standard InChI is InChI=1S/C19H24ClN3OS/c1-14-3-4-17(20)11-18(14)21-19(24)15(2)23-8-6-22(7-9-23)12-16-5-10-25-13-16/h3-5,10-11,13,15H,6-9,12H2,1-2H3,(H,21,24). The lowest BCUT2D eigenvalue weighted by molar-refractivity contribution is -0.121. The highest BCUT2D eigenvalue weighted by Crippen LogP contribution is 2.21. The van der Waals surface area contributed by atoms with Crippen LogP contribution in [0.15, 0.2) is 35.0 Å². The van der Waals surface area contributed by atoms with Gasteiger partial charge in [0, 0.05) is 43.4 Å². The molecule has 1 N–H and O–H groups in total. The molecule has 3 rings (SSSR count). The number of thiophene rings is 1. The molecule has 1 atom stereocenters. The summed E-state index contributed by atoms with van der Waals surface area (Å²) >= 11 is 7.78. The second-order valence-electron chi connectivity index (χ2n) is 6.57. The zero-order valence-corrected chi connectivity index (χ0v) is 16.2. The zero-order valence-electron chi connectivity index (χ0n) is 14.7. The van der Waals surface area contributed by atoms with E-state index in [1.807, 2.05) is 26.0 Å². The van der Waals surface area contributed by atoms with Gasteiger partial charge in [-0.3, -0.25) is 14.6 Å². The molecule has 1 aliphatic rings. The summed E-state index contributed by atoms with van der Waals surface area (Å²) in [7, 11) is 0. The lowest BCUT2D eigenvalue weighted by Crippen LogP contribution is -2.52. The van der Waals surface area contributed by atoms with Gasteiger partial charge in [-0.05, 0) is 53.9 Å². The molecule has 2 heterocycles. The van der Waals surface area contributed by atoms with Gasteiger partial charge in [-0.15, -0.1) is 0 Å². The van der Waals surface area contributed by atoms with E-state index in [4.69, 9.17) is 11.6 Å². The Balaban J connectivity index is 1.52. The molecule has 1 aromatic heterocycles. The number of carbonyl (C=O) groups excluding carboxylic acids is 1. The second-order valence-corrected chi connectivity index (χ2v) is 7.78. The summed E-state index contributed by atoms with van der Waals surface area (Å²) in [6.45, 7) is 8.75. The minimum absolute atomic E-state index is 0.0247. The SMILES string of the molecule is Cc1ccc(Cl)cc1NC(=O)C(C)N1CCN(Cc2ccsc2)CC1. The number of hydrogen-bond acceptors (Lipinski definition) is 4. The molecule has 0 spiro atoms. The molecule has 1 aromatic carbocycles. The highest BCUT2D eigenvalue weighted by atomic mass is 35.5. The van der Waals surface area contributed by atoms with Crippen LogP contribution in [0.5, 0.6) is 0 Å². The maximum absolute atomic E-state index is 12.6. The molecule has 0 saturated carbocycles. The van der Waals surface area contributed by atoms with Crippen LogP contribution in [0, 0.1) is 6.92 Å². The molecule has 134 valence electrons. The Bertz CT molecular complexity index is 711. The van der Waals surface area contributed by atoms with Crippen molar-refractivity contribution in [1.82, 2.24) is 9.80 Å². The van der Waals surface area contributed by atoms with E-state index in [2.05, 4.69) is 31.9 Å². The maximum atomic E-state index is 12.6. The third-order valence-electron chi connectivity index (χ3n) is 4.78. The lowest BCUT2D eigenvalue weighted by atomic mass is 10.1. The molecule has 0 bridgehead atoms. The lowest BCUT2D eigenvalue weighted by Gasteiger charge is -2.37. The Morgan fingerprint density at radius 3 is 2.72 bits per heavy atom. The average molecular weight is 378 g/mol. The number of piperazine rings is 1. The fourth-order valence-corrected chi connectivity index (χ4v) is 3.91. The first-order valence-corrected chi connectivity index (χ1v) is 9.89. The quantitative estimate of drug-likeness (QED) is 0.859. The first-order valence-electron chi connectivity index (χ1n) is 8.57. The molecule has 6 heteroatoms. The molecule has 1 saturated heterocycles. The number of halogens is 1. The van der Waals surface area contributed by atoms with Crippen molar-refractivity contribution < 1.29 is 4.79 Å². The van der Waals surface area contributed by atoms with E-state index in [0.29, 0.717) is 5.02 Å². The summed E-state index contributed by atoms with van der Waals surface area (Å²) in [6, 6.07) is 7.59. The van der Waals surface area contributed by atoms with E-state index in [-0.39, 0.29) is 11.9 Å². The number of anilines is 1. The highest BCUT2D eigenvalue weighted by Gasteiger charge is 2.25. The van der Waals surface area contributed by atoms with Gasteiger partial charge in [0.1, 0.15) is 0 Å². The Kier molecular flexibility index (Phi) is 6.12. The van der Waals surface area contributed by atoms with Crippen LogP contribution in [0.25, 0.3) is 0 Å². The van der Waals surface area contributed by atoms with Crippen molar-refractivity contribution in [2.45, 2.75) is 26.4 Å². The van der Waals surface area contributed by atoms with Crippen LogP contribution < -0.4 is 5.32 Å². The van der Waals surface area contributed by atoms with E-state index in [1.54, 1.807) is 17.4 Å². The molecular formula is C19H24ClN3OS. The van der Waals surface area contributed by atoms with Crippen molar-refractivity contribution in [1.29, 1.82) is 0 Å². The number of aryl methyl sites for hydroxylation is 1. The Labute approximate surface area is 158 Å². The number of rotatable bonds is 5. The average Bonchev–Trinajstić information content (AvgIpc) is 3.11. The summed E-state index contributed by atoms with van der Waals surface area (Å²) < 4.78 is 0. The van der Waals surface area contributed by atoms with Gasteiger partial charge in [-0.1, -0.05) is 17.7 Å². The summed E-state index contributed by atoms with van der Waals surface area (Å²) in [6.07, 6.45) is 0. The van der Waals surface area contributed by atoms with Crippen LogP contribution in [0.2, 0.25) is 5.02 Å². The van der Waals surface area contributed by atoms with Crippen LogP contribution in [-0.2, 0) is 11.3 Å². The summed E-state index contributed by atoms with van der Waals surface area (Å²) in [5, 5.41) is 7.98. The summed E-state index contributed by atoms with van der Waals surface area (Å²) in [4.78, 5) is 17.3. The number of hydrogen-bond donors (Lipinski definition) is 1. The minimum atomic E-state index is -0.151. The molecule has 25 heavy (non-hydrogen) atoms. The predicted molar refractivity (Wildman–Crippen MR) is 105 cm³/mol. The fourth-order valence-electron chi connectivity index (χ4n) is 3.08. The summed E-state index contributed by atoms with van der Waals surface area (Å²) in [5.41, 5.74) is 3.19. The first-order chi connectivity index (χ1) is 12.0. The van der Waals surface area contributed by atoms with Crippen LogP contribution in [0.4, 0.5) is 5.69 Å². The van der Waals surface area contributed by atoms with Crippen LogP contribution >= 0.6 is 22.9 Å². The van der Waals surface area contributed by atoms with Gasteiger partial charge in [0.2, 0.25) is 5.91 Å². The molecular weight excluding hydrogens is 354 g/mol. The van der Waals surface area contributed by atoms with Crippen molar-refractivity contribution in [3.05, 3.63) is 51.2 Å². The second kappa shape index (κ2) is 8.32. The zero-order chi connectivity index (χ0) is 17.8. The molecule has 1 aliphatic heterocycles. The summed E-state index contributed by atoms with van der Waals surface area (Å²) in [5.74, 6) is 0.0247. The molecule has 2 aromatic rings. The molecule has 1 unspecified atom stereocenters. The van der Waals surface area contributed by atoms with Crippen LogP contribution in [0.1, 0.15) is 18.1 Å². The number of nitrogens with one attached hydrogen (secondary N) is 1. The van der Waals surface area contributed by atoms with Gasteiger partial charge in [0.15, 0.2) is 0 Å². The number of nitrogens with zero attached hydrogens (tertiary/aromatic N) is 2. The smallest absolute Gasteiger partial charge is 0.241 e. The van der Waals surface area contributed by atoms with Crippen LogP contribution in [0.3, 0.4) is 0 Å². The van der Waals surface area contributed by atoms with Crippen molar-refractivity contribution in [3.63, 3.8) is 0 Å². The highest BCUT2D eigenvalue weighted by molar-refractivity contribution is 7.07. The Hall–Kier alpha value is -1.40. The third kappa shape index (κ3) is 4.82. The third-order valence-corrected chi connectivity index (χ3v) is 5.74. The van der Waals surface area contributed by atoms with Gasteiger partial charge < -0.3 is 5.32 Å². The molecule has 4 nitrogen and oxygen atoms in total. The van der Waals surface area contributed by atoms with Crippen LogP contribution in [-0.4, -0.2) is 47.9 Å². The maximum Gasteiger partial charge on any atom is 0.241 e. The largest absolute Gasteiger partial charge is 0.324 e. The van der Waals surface area contributed by atoms with E-state index >= 15 is 0 Å². The van der Waals surface area contributed by atoms with Crippen molar-refractivity contribution >= 4 is 34.5 Å². The van der Waals surface area contributed by atoms with E-state index < -0.39 is 0 Å². The fraction of sp³-hybridized carbons (Fsp3) is 0.421. The van der Waals surface area contributed by atoms with Crippen molar-refractivity contribution in [3.8, 4) is 0 Å². The van der Waals surface area contributed by atoms with E-state index in [0.717, 1.165) is 44.0 Å². The number of carbonyl (C=O) groups is 1. The van der Waals surface area contributed by atoms with Crippen molar-refractivity contribution in [2.24, 2.45) is 0 Å². The number of amides is 1. The first kappa shape index (κ1) is 18.4. The monoisotopic (exact) mass is 377 g/mol. The van der Waals surface area contributed by atoms with Gasteiger partial charge in [-0.2, -0.15) is 11.3 Å². The van der Waals surface area contributed by atoms with Gasteiger partial charge >= 0.3 is 0 Å². The topological polar surface area (TPSA) is 35.6 Å². The Morgan fingerprint density at radius 2 is 2.04 bits per heavy atom. The molecule has 0 radical (unpaired) electrons. The van der Waals surface area contributed by atoms with Gasteiger partial charge in [-0.25, -0.2) is 0 Å². The number of benzene rings is 1. The normalized spacial score (nSPS) is 17.4. The van der Waals surface area contributed by atoms with Crippen molar-refractivity contribution in [2.75, 3.05) is 31.5 Å². The van der Waals surface area contributed by atoms with E-state index in [9.17, 15) is 4.79 Å². The van der Waals surface area contributed by atoms with E-state index in [1.165, 1.54) is 5.56 Å². The van der Waals surface area contributed by atoms with Gasteiger partial charge in [0.05, 0.1) is 6.04 Å². The predicted octanol–water partition coefficient (Wildman–Crippen LogP) is 3.85. The minimum Gasteiger partial charge on any atom is -0.324 e. The Morgan fingerprint density at radius 1 is 1.28 bits per heavy atom.